The number of ether oxygens (including phenoxy) is 1. The Balaban J connectivity index is 2.14. The summed E-state index contributed by atoms with van der Waals surface area (Å²) in [6, 6.07) is 11.1. The van der Waals surface area contributed by atoms with Crippen LogP contribution in [0.5, 0.6) is 5.75 Å². The van der Waals surface area contributed by atoms with Gasteiger partial charge in [0.05, 0.1) is 12.2 Å². The molecular weight excluding hydrogens is 304 g/mol. The fraction of sp³-hybridized carbons (Fsp3) is 0.333. The Morgan fingerprint density at radius 3 is 2.67 bits per heavy atom. The number of anilines is 2. The van der Waals surface area contributed by atoms with E-state index in [1.807, 2.05) is 38.2 Å². The largest absolute Gasteiger partial charge is 0.494 e. The smallest absolute Gasteiger partial charge is 0.257 e. The molecule has 0 bridgehead atoms. The topological polar surface area (TPSA) is 66.5 Å². The van der Waals surface area contributed by atoms with Crippen LogP contribution in [0.1, 0.15) is 17.3 Å². The highest BCUT2D eigenvalue weighted by atomic mass is 16.5. The minimum Gasteiger partial charge on any atom is -0.494 e. The van der Waals surface area contributed by atoms with Crippen molar-refractivity contribution < 1.29 is 9.53 Å². The molecule has 0 saturated heterocycles. The molecule has 0 aliphatic heterocycles. The average molecular weight is 328 g/mol. The molecule has 24 heavy (non-hydrogen) atoms. The third-order valence-electron chi connectivity index (χ3n) is 3.51. The van der Waals surface area contributed by atoms with Gasteiger partial charge in [0, 0.05) is 32.0 Å². The summed E-state index contributed by atoms with van der Waals surface area (Å²) >= 11 is 0. The van der Waals surface area contributed by atoms with Gasteiger partial charge in [-0.1, -0.05) is 0 Å². The molecule has 2 aromatic rings. The fourth-order valence-corrected chi connectivity index (χ4v) is 2.20. The van der Waals surface area contributed by atoms with E-state index >= 15 is 0 Å². The van der Waals surface area contributed by atoms with Gasteiger partial charge in [-0.2, -0.15) is 0 Å². The molecular formula is C18H24N4O2. The number of aromatic nitrogens is 1. The molecule has 6 heteroatoms. The summed E-state index contributed by atoms with van der Waals surface area (Å²) in [7, 11) is 3.65. The molecule has 0 spiro atoms. The molecule has 0 aliphatic rings. The first-order chi connectivity index (χ1) is 11.7. The van der Waals surface area contributed by atoms with Crippen molar-refractivity contribution in [1.29, 1.82) is 0 Å². The van der Waals surface area contributed by atoms with Gasteiger partial charge in [0.2, 0.25) is 0 Å². The van der Waals surface area contributed by atoms with Crippen molar-refractivity contribution in [1.82, 2.24) is 15.2 Å². The summed E-state index contributed by atoms with van der Waals surface area (Å²) < 4.78 is 5.43. The second-order valence-corrected chi connectivity index (χ2v) is 5.31. The lowest BCUT2D eigenvalue weighted by Crippen LogP contribution is -2.33. The van der Waals surface area contributed by atoms with Gasteiger partial charge in [0.15, 0.2) is 0 Å². The molecule has 0 radical (unpaired) electrons. The fourth-order valence-electron chi connectivity index (χ4n) is 2.20. The predicted molar refractivity (Wildman–Crippen MR) is 96.0 cm³/mol. The minimum atomic E-state index is -0.0632. The van der Waals surface area contributed by atoms with E-state index in [1.54, 1.807) is 30.3 Å². The van der Waals surface area contributed by atoms with Gasteiger partial charge in [0.1, 0.15) is 11.6 Å². The number of likely N-dealkylation sites (N-methyl/N-ethyl adjacent to an activating group) is 2. The van der Waals surface area contributed by atoms with Crippen LogP contribution in [0.2, 0.25) is 0 Å². The van der Waals surface area contributed by atoms with Crippen molar-refractivity contribution >= 4 is 17.4 Å². The summed E-state index contributed by atoms with van der Waals surface area (Å²) in [5, 5.41) is 6.24. The molecule has 0 fully saturated rings. The Kier molecular flexibility index (Phi) is 6.57. The van der Waals surface area contributed by atoms with Gasteiger partial charge in [0.25, 0.3) is 5.91 Å². The summed E-state index contributed by atoms with van der Waals surface area (Å²) in [5.74, 6) is 1.29. The molecule has 1 amide bonds. The second-order valence-electron chi connectivity index (χ2n) is 5.31. The van der Waals surface area contributed by atoms with E-state index in [4.69, 9.17) is 4.74 Å². The normalized spacial score (nSPS) is 10.3. The van der Waals surface area contributed by atoms with Crippen LogP contribution in [-0.2, 0) is 0 Å². The van der Waals surface area contributed by atoms with Gasteiger partial charge >= 0.3 is 0 Å². The van der Waals surface area contributed by atoms with Crippen LogP contribution in [0, 0.1) is 0 Å². The quantitative estimate of drug-likeness (QED) is 0.779. The van der Waals surface area contributed by atoms with E-state index in [2.05, 4.69) is 15.6 Å². The Bertz CT molecular complexity index is 658. The number of nitrogens with one attached hydrogen (secondary N) is 2. The summed E-state index contributed by atoms with van der Waals surface area (Å²) in [6.07, 6.45) is 1.67. The number of pyridine rings is 1. The van der Waals surface area contributed by atoms with Crippen LogP contribution >= 0.6 is 0 Å². The maximum absolute atomic E-state index is 12.6. The van der Waals surface area contributed by atoms with Crippen LogP contribution in [0.4, 0.5) is 11.5 Å². The van der Waals surface area contributed by atoms with E-state index in [1.165, 1.54) is 0 Å². The number of hydrogen-bond donors (Lipinski definition) is 2. The van der Waals surface area contributed by atoms with Crippen LogP contribution in [-0.4, -0.2) is 49.6 Å². The molecule has 6 nitrogen and oxygen atoms in total. The molecule has 1 aromatic carbocycles. The van der Waals surface area contributed by atoms with Gasteiger partial charge in [-0.15, -0.1) is 0 Å². The number of carbonyl (C=O) groups excluding carboxylic acids is 1. The lowest BCUT2D eigenvalue weighted by molar-refractivity contribution is 0.0797. The lowest BCUT2D eigenvalue weighted by atomic mass is 10.2. The highest BCUT2D eigenvalue weighted by Gasteiger charge is 2.16. The van der Waals surface area contributed by atoms with Gasteiger partial charge in [-0.3, -0.25) is 4.79 Å². The van der Waals surface area contributed by atoms with Gasteiger partial charge < -0.3 is 20.3 Å². The Hall–Kier alpha value is -2.60. The molecule has 0 aliphatic carbocycles. The summed E-state index contributed by atoms with van der Waals surface area (Å²) in [4.78, 5) is 18.6. The number of benzene rings is 1. The Morgan fingerprint density at radius 2 is 2.00 bits per heavy atom. The van der Waals surface area contributed by atoms with Crippen LogP contribution in [0.25, 0.3) is 0 Å². The summed E-state index contributed by atoms with van der Waals surface area (Å²) in [6.45, 7) is 3.95. The number of hydrogen-bond acceptors (Lipinski definition) is 5. The third-order valence-corrected chi connectivity index (χ3v) is 3.51. The first-order valence-electron chi connectivity index (χ1n) is 8.00. The van der Waals surface area contributed by atoms with Gasteiger partial charge in [-0.25, -0.2) is 4.98 Å². The van der Waals surface area contributed by atoms with Crippen molar-refractivity contribution in [2.75, 3.05) is 39.1 Å². The maximum Gasteiger partial charge on any atom is 0.257 e. The zero-order valence-electron chi connectivity index (χ0n) is 14.4. The highest BCUT2D eigenvalue weighted by molar-refractivity contribution is 5.99. The van der Waals surface area contributed by atoms with E-state index in [0.29, 0.717) is 24.5 Å². The molecule has 1 heterocycles. The lowest BCUT2D eigenvalue weighted by Gasteiger charge is -2.19. The molecule has 0 saturated carbocycles. The van der Waals surface area contributed by atoms with E-state index < -0.39 is 0 Å². The van der Waals surface area contributed by atoms with Gasteiger partial charge in [-0.05, 0) is 50.4 Å². The predicted octanol–water partition coefficient (Wildman–Crippen LogP) is 2.52. The van der Waals surface area contributed by atoms with Crippen molar-refractivity contribution in [3.63, 3.8) is 0 Å². The first-order valence-corrected chi connectivity index (χ1v) is 8.00. The van der Waals surface area contributed by atoms with Crippen molar-refractivity contribution in [3.8, 4) is 5.75 Å². The Morgan fingerprint density at radius 1 is 1.25 bits per heavy atom. The SMILES string of the molecule is CCOc1ccc(Nc2ncccc2C(=O)N(C)CCNC)cc1. The van der Waals surface area contributed by atoms with Crippen molar-refractivity contribution in [3.05, 3.63) is 48.2 Å². The molecule has 2 N–H and O–H groups in total. The monoisotopic (exact) mass is 328 g/mol. The van der Waals surface area contributed by atoms with Crippen molar-refractivity contribution in [2.45, 2.75) is 6.92 Å². The highest BCUT2D eigenvalue weighted by Crippen LogP contribution is 2.22. The maximum atomic E-state index is 12.6. The van der Waals surface area contributed by atoms with Crippen LogP contribution in [0.3, 0.4) is 0 Å². The molecule has 2 rings (SSSR count). The van der Waals surface area contributed by atoms with E-state index in [0.717, 1.165) is 18.0 Å². The molecule has 128 valence electrons. The number of carbonyl (C=O) groups is 1. The zero-order chi connectivity index (χ0) is 17.4. The van der Waals surface area contributed by atoms with E-state index in [-0.39, 0.29) is 5.91 Å². The zero-order valence-corrected chi connectivity index (χ0v) is 14.4. The molecule has 1 aromatic heterocycles. The second kappa shape index (κ2) is 8.88. The Labute approximate surface area is 142 Å². The summed E-state index contributed by atoms with van der Waals surface area (Å²) in [5.41, 5.74) is 1.40. The first kappa shape index (κ1) is 17.7. The van der Waals surface area contributed by atoms with E-state index in [9.17, 15) is 4.79 Å². The number of nitrogens with zero attached hydrogens (tertiary/aromatic N) is 2. The molecule has 0 unspecified atom stereocenters. The van der Waals surface area contributed by atoms with Crippen LogP contribution < -0.4 is 15.4 Å². The van der Waals surface area contributed by atoms with Crippen molar-refractivity contribution in [2.24, 2.45) is 0 Å². The number of rotatable bonds is 8. The average Bonchev–Trinajstić information content (AvgIpc) is 2.61. The van der Waals surface area contributed by atoms with Crippen LogP contribution in [0.15, 0.2) is 42.6 Å². The molecule has 0 atom stereocenters. The number of amides is 1. The third kappa shape index (κ3) is 4.70. The standard InChI is InChI=1S/C18H24N4O2/c1-4-24-15-9-7-14(8-10-15)21-17-16(6-5-11-20-17)18(23)22(3)13-12-19-2/h5-11,19H,4,12-13H2,1-3H3,(H,20,21). The minimum absolute atomic E-state index is 0.0632.